The van der Waals surface area contributed by atoms with Crippen molar-refractivity contribution in [2.45, 2.75) is 116 Å². The first-order valence-corrected chi connectivity index (χ1v) is 15.7. The molecule has 9 nitrogen and oxygen atoms in total. The zero-order valence-corrected chi connectivity index (χ0v) is 24.7. The lowest BCUT2D eigenvalue weighted by Gasteiger charge is -2.38. The molecule has 1 aromatic rings. The van der Waals surface area contributed by atoms with Gasteiger partial charge in [0.15, 0.2) is 20.2 Å². The van der Waals surface area contributed by atoms with Crippen LogP contribution in [0, 0.1) is 0 Å². The average Bonchev–Trinajstić information content (AvgIpc) is 3.23. The molecule has 10 heteroatoms. The maximum absolute atomic E-state index is 12.8. The molecule has 0 aromatic heterocycles. The Morgan fingerprint density at radius 2 is 1.62 bits per heavy atom. The van der Waals surface area contributed by atoms with Gasteiger partial charge in [0.25, 0.3) is 0 Å². The van der Waals surface area contributed by atoms with Crippen LogP contribution >= 0.6 is 0 Å². The largest absolute Gasteiger partial charge is 0.444 e. The number of alkyl carbamates (subject to hydrolysis) is 1. The van der Waals surface area contributed by atoms with E-state index in [0.29, 0.717) is 5.56 Å². The summed E-state index contributed by atoms with van der Waals surface area (Å²) in [6.45, 7) is 19.9. The summed E-state index contributed by atoms with van der Waals surface area (Å²) in [4.78, 5) is 25.6. The topological polar surface area (TPSA) is 102 Å². The second kappa shape index (κ2) is 10.6. The van der Waals surface area contributed by atoms with Crippen molar-refractivity contribution in [1.82, 2.24) is 5.32 Å². The number of hydrogen-bond acceptors (Lipinski definition) is 8. The number of benzene rings is 1. The van der Waals surface area contributed by atoms with Gasteiger partial charge in [-0.15, -0.1) is 0 Å². The smallest absolute Gasteiger partial charge is 0.408 e. The molecule has 0 aliphatic carbocycles. The highest BCUT2D eigenvalue weighted by molar-refractivity contribution is 6.74. The fraction of sp³-hybridized carbons (Fsp3) is 0.704. The maximum atomic E-state index is 12.8. The summed E-state index contributed by atoms with van der Waals surface area (Å²) in [5.74, 6) is -1.46. The molecule has 5 atom stereocenters. The molecule has 0 spiro atoms. The van der Waals surface area contributed by atoms with Crippen LogP contribution in [0.1, 0.15) is 65.7 Å². The second-order valence-corrected chi connectivity index (χ2v) is 17.4. The molecule has 37 heavy (non-hydrogen) atoms. The number of nitrogens with one attached hydrogen (secondary N) is 1. The summed E-state index contributed by atoms with van der Waals surface area (Å²) in [6, 6.07) is 8.03. The number of carbonyl (C=O) groups excluding carboxylic acids is 2. The van der Waals surface area contributed by atoms with Gasteiger partial charge in [-0.3, -0.25) is 0 Å². The highest BCUT2D eigenvalue weighted by Crippen LogP contribution is 2.41. The van der Waals surface area contributed by atoms with Crippen LogP contribution in [0.2, 0.25) is 18.1 Å². The van der Waals surface area contributed by atoms with Gasteiger partial charge in [-0.25, -0.2) is 9.59 Å². The van der Waals surface area contributed by atoms with Gasteiger partial charge in [0.1, 0.15) is 17.8 Å². The van der Waals surface area contributed by atoms with Crippen molar-refractivity contribution in [2.75, 3.05) is 6.61 Å². The molecule has 2 aliphatic rings. The Labute approximate surface area is 221 Å². The quantitative estimate of drug-likeness (QED) is 0.383. The molecule has 208 valence electrons. The number of carbonyl (C=O) groups is 2. The predicted molar refractivity (Wildman–Crippen MR) is 141 cm³/mol. The Balaban J connectivity index is 1.85. The van der Waals surface area contributed by atoms with Crippen LogP contribution in [0.25, 0.3) is 0 Å². The summed E-state index contributed by atoms with van der Waals surface area (Å²) in [5, 5.41) is 2.88. The molecular formula is C27H43NO8Si. The van der Waals surface area contributed by atoms with E-state index in [1.165, 1.54) is 0 Å². The minimum atomic E-state index is -2.17. The van der Waals surface area contributed by atoms with Crippen LogP contribution in [-0.2, 0) is 28.1 Å². The molecule has 0 radical (unpaired) electrons. The number of amides is 1. The molecule has 0 unspecified atom stereocenters. The van der Waals surface area contributed by atoms with Gasteiger partial charge in [-0.2, -0.15) is 0 Å². The van der Waals surface area contributed by atoms with E-state index in [1.807, 2.05) is 6.07 Å². The lowest BCUT2D eigenvalue weighted by molar-refractivity contribution is -0.223. The fourth-order valence-electron chi connectivity index (χ4n) is 3.95. The molecule has 1 N–H and O–H groups in total. The van der Waals surface area contributed by atoms with E-state index in [2.05, 4.69) is 39.2 Å². The monoisotopic (exact) mass is 537 g/mol. The van der Waals surface area contributed by atoms with E-state index in [1.54, 1.807) is 58.9 Å². The third-order valence-corrected chi connectivity index (χ3v) is 11.3. The summed E-state index contributed by atoms with van der Waals surface area (Å²) in [6.07, 6.45) is -3.62. The van der Waals surface area contributed by atoms with Gasteiger partial charge in [-0.05, 0) is 64.9 Å². The van der Waals surface area contributed by atoms with E-state index in [-0.39, 0.29) is 11.6 Å². The average molecular weight is 538 g/mol. The van der Waals surface area contributed by atoms with Crippen LogP contribution in [0.15, 0.2) is 30.3 Å². The minimum absolute atomic E-state index is 0.0365. The molecule has 3 rings (SSSR count). The highest BCUT2D eigenvalue weighted by atomic mass is 28.4. The Bertz CT molecular complexity index is 953. The van der Waals surface area contributed by atoms with E-state index in [0.717, 1.165) is 0 Å². The van der Waals surface area contributed by atoms with Gasteiger partial charge in [0, 0.05) is 0 Å². The zero-order valence-electron chi connectivity index (χ0n) is 23.7. The Kier molecular flexibility index (Phi) is 8.51. The molecule has 0 saturated carbocycles. The van der Waals surface area contributed by atoms with Crippen molar-refractivity contribution in [3.05, 3.63) is 35.9 Å². The summed E-state index contributed by atoms with van der Waals surface area (Å²) in [5.41, 5.74) is -0.287. The number of esters is 1. The minimum Gasteiger partial charge on any atom is -0.444 e. The summed E-state index contributed by atoms with van der Waals surface area (Å²) >= 11 is 0. The third-order valence-electron chi connectivity index (χ3n) is 6.81. The van der Waals surface area contributed by atoms with Gasteiger partial charge in [0.2, 0.25) is 6.29 Å². The SMILES string of the molecule is CC(C)(C)OC(=O)N[C@@H](CO[Si](C)(C)C(C)(C)C)[C@H]1O[C@H](OC(=O)c2ccccc2)[C@H]2OC(C)(C)O[C@H]21. The van der Waals surface area contributed by atoms with Crippen LogP contribution in [0.5, 0.6) is 0 Å². The van der Waals surface area contributed by atoms with Crippen molar-refractivity contribution in [2.24, 2.45) is 0 Å². The number of rotatable bonds is 7. The van der Waals surface area contributed by atoms with Crippen LogP contribution < -0.4 is 5.32 Å². The van der Waals surface area contributed by atoms with E-state index >= 15 is 0 Å². The lowest BCUT2D eigenvalue weighted by Crippen LogP contribution is -2.54. The van der Waals surface area contributed by atoms with Gasteiger partial charge < -0.3 is 33.4 Å². The lowest BCUT2D eigenvalue weighted by atomic mass is 10.0. The van der Waals surface area contributed by atoms with E-state index < -0.39 is 62.4 Å². The van der Waals surface area contributed by atoms with E-state index in [4.69, 9.17) is 28.1 Å². The molecule has 2 heterocycles. The Morgan fingerprint density at radius 3 is 2.19 bits per heavy atom. The standard InChI is InChI=1S/C27H43NO8Si/c1-25(2,3)36-24(30)28-18(16-31-37(9,10)26(4,5)6)19-20-21(35-27(7,8)34-20)23(32-19)33-22(29)17-14-12-11-13-15-17/h11-15,18-21,23H,16H2,1-10H3,(H,28,30)/t18-,19+,20-,21-,23+/m0/s1. The van der Waals surface area contributed by atoms with Crippen molar-refractivity contribution in [3.8, 4) is 0 Å². The Morgan fingerprint density at radius 1 is 1.03 bits per heavy atom. The van der Waals surface area contributed by atoms with Crippen molar-refractivity contribution >= 4 is 20.4 Å². The predicted octanol–water partition coefficient (Wildman–Crippen LogP) is 5.00. The van der Waals surface area contributed by atoms with Crippen LogP contribution in [-0.4, -0.2) is 69.0 Å². The molecule has 1 aromatic carbocycles. The second-order valence-electron chi connectivity index (χ2n) is 12.6. The molecule has 2 fully saturated rings. The summed E-state index contributed by atoms with van der Waals surface area (Å²) in [7, 11) is -2.17. The molecular weight excluding hydrogens is 494 g/mol. The summed E-state index contributed by atoms with van der Waals surface area (Å²) < 4.78 is 36.2. The van der Waals surface area contributed by atoms with Crippen LogP contribution in [0.4, 0.5) is 4.79 Å². The van der Waals surface area contributed by atoms with Crippen molar-refractivity contribution in [1.29, 1.82) is 0 Å². The fourth-order valence-corrected chi connectivity index (χ4v) is 4.98. The first-order valence-electron chi connectivity index (χ1n) is 12.8. The van der Waals surface area contributed by atoms with E-state index in [9.17, 15) is 9.59 Å². The zero-order chi connectivity index (χ0) is 27.8. The van der Waals surface area contributed by atoms with Crippen LogP contribution in [0.3, 0.4) is 0 Å². The van der Waals surface area contributed by atoms with Gasteiger partial charge in [-0.1, -0.05) is 39.0 Å². The third kappa shape index (κ3) is 7.54. The molecule has 1 amide bonds. The van der Waals surface area contributed by atoms with Gasteiger partial charge >= 0.3 is 12.1 Å². The first-order chi connectivity index (χ1) is 16.9. The normalized spacial score (nSPS) is 26.3. The van der Waals surface area contributed by atoms with Crippen molar-refractivity contribution < 1.29 is 37.7 Å². The first kappa shape index (κ1) is 29.6. The molecule has 2 saturated heterocycles. The molecule has 0 bridgehead atoms. The van der Waals surface area contributed by atoms with Gasteiger partial charge in [0.05, 0.1) is 18.2 Å². The number of fused-ring (bicyclic) bond motifs is 1. The number of ether oxygens (including phenoxy) is 5. The molecule has 2 aliphatic heterocycles. The Hall–Kier alpha value is -1.98. The highest BCUT2D eigenvalue weighted by Gasteiger charge is 2.59. The maximum Gasteiger partial charge on any atom is 0.408 e. The van der Waals surface area contributed by atoms with Crippen molar-refractivity contribution in [3.63, 3.8) is 0 Å². The number of hydrogen-bond donors (Lipinski definition) is 1.